The molecule has 0 aliphatic carbocycles. The first-order valence-electron chi connectivity index (χ1n) is 6.01. The van der Waals surface area contributed by atoms with Gasteiger partial charge in [0.05, 0.1) is 13.2 Å². The van der Waals surface area contributed by atoms with Crippen molar-refractivity contribution in [3.63, 3.8) is 0 Å². The van der Waals surface area contributed by atoms with E-state index < -0.39 is 18.2 Å². The molecule has 0 saturated carbocycles. The second kappa shape index (κ2) is 6.83. The fourth-order valence-corrected chi connectivity index (χ4v) is 1.79. The van der Waals surface area contributed by atoms with E-state index in [2.05, 4.69) is 0 Å². The Morgan fingerprint density at radius 2 is 1.83 bits per heavy atom. The average Bonchev–Trinajstić information content (AvgIpc) is 2.38. The van der Waals surface area contributed by atoms with Gasteiger partial charge < -0.3 is 14.3 Å². The standard InChI is InChI=1S/C11H18N2O5/c1-3-17-10(15)12-7-5-6-9(8-14)13(12)11(16)18-4-2/h8-9H,3-7H2,1-2H3/t9-/m0/s1. The van der Waals surface area contributed by atoms with E-state index >= 15 is 0 Å². The first-order chi connectivity index (χ1) is 8.65. The van der Waals surface area contributed by atoms with Crippen LogP contribution >= 0.6 is 0 Å². The van der Waals surface area contributed by atoms with E-state index in [1.165, 1.54) is 0 Å². The summed E-state index contributed by atoms with van der Waals surface area (Å²) >= 11 is 0. The van der Waals surface area contributed by atoms with Crippen molar-refractivity contribution >= 4 is 18.5 Å². The highest BCUT2D eigenvalue weighted by molar-refractivity contribution is 5.78. The van der Waals surface area contributed by atoms with Gasteiger partial charge in [0.1, 0.15) is 12.3 Å². The van der Waals surface area contributed by atoms with Crippen molar-refractivity contribution in [2.45, 2.75) is 32.7 Å². The van der Waals surface area contributed by atoms with Gasteiger partial charge in [-0.1, -0.05) is 0 Å². The zero-order valence-electron chi connectivity index (χ0n) is 10.6. The van der Waals surface area contributed by atoms with Gasteiger partial charge in [-0.25, -0.2) is 19.6 Å². The summed E-state index contributed by atoms with van der Waals surface area (Å²) < 4.78 is 9.70. The van der Waals surface area contributed by atoms with E-state index in [4.69, 9.17) is 9.47 Å². The number of amides is 2. The van der Waals surface area contributed by atoms with Gasteiger partial charge in [-0.2, -0.15) is 0 Å². The van der Waals surface area contributed by atoms with Crippen LogP contribution in [0, 0.1) is 0 Å². The Labute approximate surface area is 106 Å². The minimum Gasteiger partial charge on any atom is -0.448 e. The van der Waals surface area contributed by atoms with Crippen LogP contribution in [0.2, 0.25) is 0 Å². The van der Waals surface area contributed by atoms with Gasteiger partial charge in [-0.3, -0.25) is 0 Å². The molecule has 1 aliphatic rings. The van der Waals surface area contributed by atoms with Crippen LogP contribution < -0.4 is 0 Å². The molecule has 2 amide bonds. The molecule has 0 radical (unpaired) electrons. The summed E-state index contributed by atoms with van der Waals surface area (Å²) in [4.78, 5) is 34.5. The predicted octanol–water partition coefficient (Wildman–Crippen LogP) is 1.18. The summed E-state index contributed by atoms with van der Waals surface area (Å²) in [6.45, 7) is 4.05. The predicted molar refractivity (Wildman–Crippen MR) is 61.7 cm³/mol. The van der Waals surface area contributed by atoms with E-state index in [0.29, 0.717) is 25.7 Å². The number of aldehydes is 1. The molecule has 0 bridgehead atoms. The summed E-state index contributed by atoms with van der Waals surface area (Å²) in [5.41, 5.74) is 0. The van der Waals surface area contributed by atoms with Crippen LogP contribution in [-0.2, 0) is 14.3 Å². The van der Waals surface area contributed by atoms with Crippen LogP contribution in [-0.4, -0.2) is 54.3 Å². The fourth-order valence-electron chi connectivity index (χ4n) is 1.79. The largest absolute Gasteiger partial charge is 0.448 e. The monoisotopic (exact) mass is 258 g/mol. The molecule has 0 aromatic rings. The molecule has 0 spiro atoms. The molecule has 0 aromatic carbocycles. The summed E-state index contributed by atoms with van der Waals surface area (Å²) in [6, 6.07) is -0.679. The summed E-state index contributed by atoms with van der Waals surface area (Å²) in [5.74, 6) is 0. The maximum atomic E-state index is 11.8. The highest BCUT2D eigenvalue weighted by Gasteiger charge is 2.37. The maximum absolute atomic E-state index is 11.8. The van der Waals surface area contributed by atoms with Gasteiger partial charge in [0, 0.05) is 6.54 Å². The Morgan fingerprint density at radius 1 is 1.22 bits per heavy atom. The van der Waals surface area contributed by atoms with Crippen molar-refractivity contribution in [1.29, 1.82) is 0 Å². The third kappa shape index (κ3) is 3.12. The van der Waals surface area contributed by atoms with E-state index in [-0.39, 0.29) is 13.2 Å². The lowest BCUT2D eigenvalue weighted by atomic mass is 10.1. The molecule has 0 aromatic heterocycles. The molecular formula is C11H18N2O5. The number of ether oxygens (including phenoxy) is 2. The molecule has 102 valence electrons. The van der Waals surface area contributed by atoms with Gasteiger partial charge >= 0.3 is 12.2 Å². The third-order valence-electron chi connectivity index (χ3n) is 2.53. The maximum Gasteiger partial charge on any atom is 0.429 e. The minimum absolute atomic E-state index is 0.178. The molecule has 1 fully saturated rings. The SMILES string of the molecule is CCOC(=O)N1CCC[C@@H](C=O)N1C(=O)OCC. The molecule has 1 heterocycles. The summed E-state index contributed by atoms with van der Waals surface area (Å²) in [6.07, 6.45) is 0.443. The molecular weight excluding hydrogens is 240 g/mol. The van der Waals surface area contributed by atoms with E-state index in [1.54, 1.807) is 13.8 Å². The Hall–Kier alpha value is -1.79. The zero-order chi connectivity index (χ0) is 13.5. The third-order valence-corrected chi connectivity index (χ3v) is 2.53. The van der Waals surface area contributed by atoms with E-state index in [0.717, 1.165) is 10.0 Å². The number of nitrogens with zero attached hydrogens (tertiary/aromatic N) is 2. The first-order valence-corrected chi connectivity index (χ1v) is 6.01. The molecule has 1 rings (SSSR count). The minimum atomic E-state index is -0.706. The van der Waals surface area contributed by atoms with Crippen molar-refractivity contribution in [1.82, 2.24) is 10.0 Å². The van der Waals surface area contributed by atoms with Gasteiger partial charge in [0.25, 0.3) is 0 Å². The topological polar surface area (TPSA) is 76.2 Å². The lowest BCUT2D eigenvalue weighted by Gasteiger charge is -2.39. The lowest BCUT2D eigenvalue weighted by molar-refractivity contribution is -0.122. The van der Waals surface area contributed by atoms with Crippen molar-refractivity contribution < 1.29 is 23.9 Å². The van der Waals surface area contributed by atoms with Crippen LogP contribution in [0.4, 0.5) is 9.59 Å². The number of hydrazine groups is 1. The molecule has 1 atom stereocenters. The molecule has 1 saturated heterocycles. The molecule has 7 heteroatoms. The van der Waals surface area contributed by atoms with Gasteiger partial charge in [0.2, 0.25) is 0 Å². The smallest absolute Gasteiger partial charge is 0.429 e. The average molecular weight is 258 g/mol. The van der Waals surface area contributed by atoms with Crippen LogP contribution in [0.5, 0.6) is 0 Å². The molecule has 18 heavy (non-hydrogen) atoms. The van der Waals surface area contributed by atoms with Gasteiger partial charge in [0.15, 0.2) is 0 Å². The summed E-state index contributed by atoms with van der Waals surface area (Å²) in [7, 11) is 0. The lowest BCUT2D eigenvalue weighted by Crippen LogP contribution is -2.58. The zero-order valence-corrected chi connectivity index (χ0v) is 10.6. The normalized spacial score (nSPS) is 19.3. The number of carbonyl (C=O) groups is 3. The second-order valence-electron chi connectivity index (χ2n) is 3.71. The Bertz CT molecular complexity index is 321. The Morgan fingerprint density at radius 3 is 2.39 bits per heavy atom. The number of hydrogen-bond donors (Lipinski definition) is 0. The Kier molecular flexibility index (Phi) is 5.41. The molecule has 1 aliphatic heterocycles. The second-order valence-corrected chi connectivity index (χ2v) is 3.71. The summed E-state index contributed by atoms with van der Waals surface area (Å²) in [5, 5.41) is 2.17. The van der Waals surface area contributed by atoms with Crippen LogP contribution in [0.1, 0.15) is 26.7 Å². The molecule has 7 nitrogen and oxygen atoms in total. The fraction of sp³-hybridized carbons (Fsp3) is 0.727. The number of rotatable bonds is 3. The highest BCUT2D eigenvalue weighted by atomic mass is 16.6. The van der Waals surface area contributed by atoms with Gasteiger partial charge in [-0.05, 0) is 26.7 Å². The van der Waals surface area contributed by atoms with Crippen molar-refractivity contribution in [3.8, 4) is 0 Å². The first kappa shape index (κ1) is 14.3. The van der Waals surface area contributed by atoms with Crippen LogP contribution in [0.15, 0.2) is 0 Å². The van der Waals surface area contributed by atoms with Crippen molar-refractivity contribution in [3.05, 3.63) is 0 Å². The van der Waals surface area contributed by atoms with E-state index in [1.807, 2.05) is 0 Å². The quantitative estimate of drug-likeness (QED) is 0.710. The number of hydrogen-bond acceptors (Lipinski definition) is 5. The van der Waals surface area contributed by atoms with Gasteiger partial charge in [-0.15, -0.1) is 0 Å². The Balaban J connectivity index is 2.86. The highest BCUT2D eigenvalue weighted by Crippen LogP contribution is 2.19. The van der Waals surface area contributed by atoms with Crippen LogP contribution in [0.25, 0.3) is 0 Å². The van der Waals surface area contributed by atoms with Crippen molar-refractivity contribution in [2.75, 3.05) is 19.8 Å². The van der Waals surface area contributed by atoms with Crippen molar-refractivity contribution in [2.24, 2.45) is 0 Å². The molecule has 0 unspecified atom stereocenters. The number of carbonyl (C=O) groups excluding carboxylic acids is 3. The molecule has 0 N–H and O–H groups in total. The van der Waals surface area contributed by atoms with E-state index in [9.17, 15) is 14.4 Å². The van der Waals surface area contributed by atoms with Crippen LogP contribution in [0.3, 0.4) is 0 Å².